The van der Waals surface area contributed by atoms with Crippen molar-refractivity contribution in [1.29, 1.82) is 0 Å². The maximum atomic E-state index is 11.2. The van der Waals surface area contributed by atoms with Crippen LogP contribution in [0.5, 0.6) is 0 Å². The Hall–Kier alpha value is -1.14. The molecule has 0 radical (unpaired) electrons. The van der Waals surface area contributed by atoms with Crippen LogP contribution in [0.25, 0.3) is 0 Å². The number of carboxylic acid groups (broad SMARTS) is 1. The molecule has 2 rings (SSSR count). The number of piperazine rings is 1. The van der Waals surface area contributed by atoms with Crippen LogP contribution in [0.2, 0.25) is 0 Å². The van der Waals surface area contributed by atoms with Crippen molar-refractivity contribution in [2.45, 2.75) is 12.0 Å². The highest BCUT2D eigenvalue weighted by molar-refractivity contribution is 5.79. The highest BCUT2D eigenvalue weighted by Crippen LogP contribution is 2.25. The summed E-state index contributed by atoms with van der Waals surface area (Å²) in [7, 11) is 0. The van der Waals surface area contributed by atoms with Gasteiger partial charge in [0.05, 0.1) is 18.5 Å². The van der Waals surface area contributed by atoms with Crippen LogP contribution < -0.4 is 10.6 Å². The van der Waals surface area contributed by atoms with Gasteiger partial charge in [-0.2, -0.15) is 0 Å². The van der Waals surface area contributed by atoms with E-state index in [1.807, 2.05) is 4.90 Å². The third kappa shape index (κ3) is 1.95. The highest BCUT2D eigenvalue weighted by atomic mass is 16.4. The molecule has 2 heterocycles. The van der Waals surface area contributed by atoms with Crippen molar-refractivity contribution in [3.8, 4) is 0 Å². The van der Waals surface area contributed by atoms with Gasteiger partial charge in [0, 0.05) is 26.2 Å². The molecule has 1 amide bonds. The SMILES string of the molecule is O=C(O)CC1(N2CCNC(=O)C2)CNC1. The van der Waals surface area contributed by atoms with E-state index in [9.17, 15) is 9.59 Å². The molecule has 0 aromatic carbocycles. The zero-order valence-corrected chi connectivity index (χ0v) is 8.45. The molecule has 2 aliphatic rings. The zero-order chi connectivity index (χ0) is 10.9. The molecule has 2 aliphatic heterocycles. The molecule has 0 spiro atoms. The van der Waals surface area contributed by atoms with E-state index in [4.69, 9.17) is 5.11 Å². The first-order chi connectivity index (χ1) is 7.12. The number of carbonyl (C=O) groups excluding carboxylic acids is 1. The molecule has 2 saturated heterocycles. The first-order valence-corrected chi connectivity index (χ1v) is 5.07. The summed E-state index contributed by atoms with van der Waals surface area (Å²) in [5.74, 6) is -0.819. The van der Waals surface area contributed by atoms with Crippen LogP contribution in [0.1, 0.15) is 6.42 Å². The van der Waals surface area contributed by atoms with Gasteiger partial charge >= 0.3 is 5.97 Å². The Morgan fingerprint density at radius 1 is 1.53 bits per heavy atom. The molecule has 0 saturated carbocycles. The van der Waals surface area contributed by atoms with Gasteiger partial charge in [0.1, 0.15) is 0 Å². The summed E-state index contributed by atoms with van der Waals surface area (Å²) >= 11 is 0. The van der Waals surface area contributed by atoms with E-state index in [1.54, 1.807) is 0 Å². The fourth-order valence-electron chi connectivity index (χ4n) is 2.20. The normalized spacial score (nSPS) is 25.5. The third-order valence-corrected chi connectivity index (χ3v) is 3.10. The van der Waals surface area contributed by atoms with E-state index < -0.39 is 5.97 Å². The van der Waals surface area contributed by atoms with Crippen LogP contribution in [0.4, 0.5) is 0 Å². The fraction of sp³-hybridized carbons (Fsp3) is 0.778. The molecule has 0 bridgehead atoms. The molecular formula is C9H15N3O3. The summed E-state index contributed by atoms with van der Waals surface area (Å²) in [5, 5.41) is 14.7. The minimum atomic E-state index is -0.803. The first-order valence-electron chi connectivity index (χ1n) is 5.07. The third-order valence-electron chi connectivity index (χ3n) is 3.10. The lowest BCUT2D eigenvalue weighted by Crippen LogP contribution is -2.72. The standard InChI is InChI=1S/C9H15N3O3/c13-7-4-12(2-1-11-7)9(3-8(14)15)5-10-6-9/h10H,1-6H2,(H,11,13)(H,14,15). The number of nitrogens with one attached hydrogen (secondary N) is 2. The monoisotopic (exact) mass is 213 g/mol. The Labute approximate surface area is 87.6 Å². The molecule has 0 atom stereocenters. The van der Waals surface area contributed by atoms with E-state index in [0.29, 0.717) is 26.2 Å². The maximum Gasteiger partial charge on any atom is 0.305 e. The number of hydrogen-bond acceptors (Lipinski definition) is 4. The van der Waals surface area contributed by atoms with Crippen molar-refractivity contribution in [2.75, 3.05) is 32.7 Å². The predicted octanol–water partition coefficient (Wildman–Crippen LogP) is -1.77. The van der Waals surface area contributed by atoms with E-state index in [1.165, 1.54) is 0 Å². The molecule has 15 heavy (non-hydrogen) atoms. The number of nitrogens with zero attached hydrogens (tertiary/aromatic N) is 1. The van der Waals surface area contributed by atoms with Crippen molar-refractivity contribution in [3.63, 3.8) is 0 Å². The Kier molecular flexibility index (Phi) is 2.62. The second-order valence-corrected chi connectivity index (χ2v) is 4.17. The van der Waals surface area contributed by atoms with E-state index in [2.05, 4.69) is 10.6 Å². The minimum absolute atomic E-state index is 0.0158. The Balaban J connectivity index is 2.04. The second-order valence-electron chi connectivity index (χ2n) is 4.17. The smallest absolute Gasteiger partial charge is 0.305 e. The van der Waals surface area contributed by atoms with Crippen LogP contribution in [0.15, 0.2) is 0 Å². The van der Waals surface area contributed by atoms with Gasteiger partial charge in [0.2, 0.25) is 5.91 Å². The topological polar surface area (TPSA) is 81.7 Å². The molecule has 0 unspecified atom stereocenters. The molecule has 0 aromatic rings. The number of hydrogen-bond donors (Lipinski definition) is 3. The lowest BCUT2D eigenvalue weighted by Gasteiger charge is -2.50. The average Bonchev–Trinajstić information content (AvgIpc) is 2.11. The number of carboxylic acids is 1. The molecule has 0 aromatic heterocycles. The Morgan fingerprint density at radius 3 is 2.73 bits per heavy atom. The van der Waals surface area contributed by atoms with Crippen LogP contribution in [-0.4, -0.2) is 60.1 Å². The van der Waals surface area contributed by atoms with Gasteiger partial charge in [0.25, 0.3) is 0 Å². The molecule has 6 heteroatoms. The lowest BCUT2D eigenvalue weighted by molar-refractivity contribution is -0.144. The summed E-state index contributed by atoms with van der Waals surface area (Å²) < 4.78 is 0. The van der Waals surface area contributed by atoms with Gasteiger partial charge in [0.15, 0.2) is 0 Å². The number of carbonyl (C=O) groups is 2. The Morgan fingerprint density at radius 2 is 2.27 bits per heavy atom. The van der Waals surface area contributed by atoms with Gasteiger partial charge in [-0.3, -0.25) is 14.5 Å². The van der Waals surface area contributed by atoms with Crippen LogP contribution in [0.3, 0.4) is 0 Å². The van der Waals surface area contributed by atoms with E-state index in [-0.39, 0.29) is 17.9 Å². The van der Waals surface area contributed by atoms with Gasteiger partial charge in [-0.25, -0.2) is 0 Å². The zero-order valence-electron chi connectivity index (χ0n) is 8.45. The number of amides is 1. The summed E-state index contributed by atoms with van der Waals surface area (Å²) in [6, 6.07) is 0. The second kappa shape index (κ2) is 3.79. The number of rotatable bonds is 3. The van der Waals surface area contributed by atoms with Crippen molar-refractivity contribution in [3.05, 3.63) is 0 Å². The number of aliphatic carboxylic acids is 1. The highest BCUT2D eigenvalue weighted by Gasteiger charge is 2.45. The van der Waals surface area contributed by atoms with Crippen molar-refractivity contribution < 1.29 is 14.7 Å². The molecule has 0 aliphatic carbocycles. The van der Waals surface area contributed by atoms with Crippen LogP contribution in [0, 0.1) is 0 Å². The lowest BCUT2D eigenvalue weighted by atomic mass is 9.86. The average molecular weight is 213 g/mol. The van der Waals surface area contributed by atoms with Gasteiger partial charge in [-0.05, 0) is 0 Å². The van der Waals surface area contributed by atoms with Gasteiger partial charge < -0.3 is 15.7 Å². The van der Waals surface area contributed by atoms with E-state index >= 15 is 0 Å². The molecule has 84 valence electrons. The van der Waals surface area contributed by atoms with Crippen molar-refractivity contribution >= 4 is 11.9 Å². The first kappa shape index (κ1) is 10.4. The van der Waals surface area contributed by atoms with Gasteiger partial charge in [-0.1, -0.05) is 0 Å². The van der Waals surface area contributed by atoms with E-state index in [0.717, 1.165) is 6.54 Å². The quantitative estimate of drug-likeness (QED) is 0.517. The molecule has 2 fully saturated rings. The summed E-state index contributed by atoms with van der Waals surface area (Å²) in [5.41, 5.74) is -0.344. The van der Waals surface area contributed by atoms with Crippen molar-refractivity contribution in [1.82, 2.24) is 15.5 Å². The van der Waals surface area contributed by atoms with Crippen LogP contribution >= 0.6 is 0 Å². The summed E-state index contributed by atoms with van der Waals surface area (Å²) in [4.78, 5) is 24.0. The van der Waals surface area contributed by atoms with Crippen molar-refractivity contribution in [2.24, 2.45) is 0 Å². The predicted molar refractivity (Wildman–Crippen MR) is 52.4 cm³/mol. The maximum absolute atomic E-state index is 11.2. The van der Waals surface area contributed by atoms with Gasteiger partial charge in [-0.15, -0.1) is 0 Å². The summed E-state index contributed by atoms with van der Waals surface area (Å²) in [6.45, 7) is 2.98. The Bertz CT molecular complexity index is 288. The minimum Gasteiger partial charge on any atom is -0.481 e. The fourth-order valence-corrected chi connectivity index (χ4v) is 2.20. The molecule has 3 N–H and O–H groups in total. The molecule has 6 nitrogen and oxygen atoms in total. The largest absolute Gasteiger partial charge is 0.481 e. The molecular weight excluding hydrogens is 198 g/mol. The van der Waals surface area contributed by atoms with Crippen LogP contribution in [-0.2, 0) is 9.59 Å². The summed E-state index contributed by atoms with van der Waals surface area (Å²) in [6.07, 6.45) is 0.104.